The zero-order valence-electron chi connectivity index (χ0n) is 11.5. The van der Waals surface area contributed by atoms with Crippen molar-refractivity contribution in [2.24, 2.45) is 11.7 Å². The summed E-state index contributed by atoms with van der Waals surface area (Å²) in [6, 6.07) is 3.80. The molecule has 1 saturated carbocycles. The summed E-state index contributed by atoms with van der Waals surface area (Å²) in [5.41, 5.74) is 7.46. The maximum atomic E-state index is 11.6. The van der Waals surface area contributed by atoms with Gasteiger partial charge >= 0.3 is 0 Å². The summed E-state index contributed by atoms with van der Waals surface area (Å²) in [6.07, 6.45) is 4.05. The lowest BCUT2D eigenvalue weighted by Gasteiger charge is -2.52. The van der Waals surface area contributed by atoms with Crippen molar-refractivity contribution in [1.82, 2.24) is 10.3 Å². The molecule has 6 heteroatoms. The van der Waals surface area contributed by atoms with E-state index in [1.807, 2.05) is 6.07 Å². The molecule has 4 unspecified atom stereocenters. The molecule has 0 bridgehead atoms. The average Bonchev–Trinajstić information content (AvgIpc) is 2.51. The highest BCUT2D eigenvalue weighted by molar-refractivity contribution is 5.92. The number of nitrogens with one attached hydrogen (secondary N) is 2. The number of hydrogen-bond donors (Lipinski definition) is 3. The number of ether oxygens (including phenoxy) is 1. The fourth-order valence-electron chi connectivity index (χ4n) is 3.09. The minimum atomic E-state index is -0.196. The van der Waals surface area contributed by atoms with Gasteiger partial charge in [-0.2, -0.15) is 0 Å². The molecule has 2 heterocycles. The summed E-state index contributed by atoms with van der Waals surface area (Å²) in [4.78, 5) is 15.6. The van der Waals surface area contributed by atoms with Gasteiger partial charge in [-0.05, 0) is 25.0 Å². The zero-order chi connectivity index (χ0) is 14.1. The van der Waals surface area contributed by atoms with E-state index in [2.05, 4.69) is 15.6 Å². The van der Waals surface area contributed by atoms with Crippen LogP contribution >= 0.6 is 0 Å². The number of fused-ring (bicyclic) bond motifs is 1. The number of hydrogen-bond acceptors (Lipinski definition) is 5. The second-order valence-corrected chi connectivity index (χ2v) is 5.40. The fourth-order valence-corrected chi connectivity index (χ4v) is 3.09. The van der Waals surface area contributed by atoms with Crippen molar-refractivity contribution in [2.45, 2.75) is 31.0 Å². The van der Waals surface area contributed by atoms with Crippen molar-refractivity contribution in [1.29, 1.82) is 0 Å². The maximum Gasteiger partial charge on any atom is 0.269 e. The van der Waals surface area contributed by atoms with E-state index in [-0.39, 0.29) is 24.1 Å². The largest absolute Gasteiger partial charge is 0.378 e. The Bertz CT molecular complexity index is 508. The van der Waals surface area contributed by atoms with E-state index in [4.69, 9.17) is 10.5 Å². The molecule has 108 valence electrons. The summed E-state index contributed by atoms with van der Waals surface area (Å²) in [5.74, 6) is 0.264. The monoisotopic (exact) mass is 276 g/mol. The van der Waals surface area contributed by atoms with E-state index < -0.39 is 0 Å². The Kier molecular flexibility index (Phi) is 3.58. The highest BCUT2D eigenvalue weighted by atomic mass is 16.5. The number of rotatable bonds is 3. The Morgan fingerprint density at radius 3 is 3.20 bits per heavy atom. The molecule has 1 amide bonds. The van der Waals surface area contributed by atoms with Crippen LogP contribution in [0.15, 0.2) is 18.3 Å². The Hall–Kier alpha value is -1.66. The maximum absolute atomic E-state index is 11.6. The molecule has 20 heavy (non-hydrogen) atoms. The standard InChI is InChI=1S/C14H20N4O2/c1-16-14(19)10-7-8(4-5-17-10)18-12-11(15)9-3-2-6-20-13(9)12/h4-5,7,9,11-13H,2-3,6,15H2,1H3,(H,16,19)(H,17,18). The molecular weight excluding hydrogens is 256 g/mol. The third-order valence-corrected chi connectivity index (χ3v) is 4.23. The van der Waals surface area contributed by atoms with Crippen LogP contribution in [0.25, 0.3) is 0 Å². The smallest absolute Gasteiger partial charge is 0.269 e. The molecule has 1 aromatic heterocycles. The van der Waals surface area contributed by atoms with E-state index >= 15 is 0 Å². The quantitative estimate of drug-likeness (QED) is 0.741. The van der Waals surface area contributed by atoms with Crippen molar-refractivity contribution in [3.8, 4) is 0 Å². The molecule has 1 aliphatic carbocycles. The number of carbonyl (C=O) groups is 1. The second-order valence-electron chi connectivity index (χ2n) is 5.40. The lowest BCUT2D eigenvalue weighted by molar-refractivity contribution is -0.104. The molecule has 4 atom stereocenters. The van der Waals surface area contributed by atoms with Gasteiger partial charge in [-0.1, -0.05) is 0 Å². The highest BCUT2D eigenvalue weighted by Crippen LogP contribution is 2.38. The molecule has 0 aromatic carbocycles. The molecule has 3 rings (SSSR count). The molecule has 0 radical (unpaired) electrons. The number of nitrogens with two attached hydrogens (primary N) is 1. The van der Waals surface area contributed by atoms with Crippen LogP contribution in [0.4, 0.5) is 5.69 Å². The normalized spacial score (nSPS) is 31.9. The van der Waals surface area contributed by atoms with Crippen molar-refractivity contribution < 1.29 is 9.53 Å². The SMILES string of the molecule is CNC(=O)c1cc(NC2C(N)C3CCCOC32)ccn1. The summed E-state index contributed by atoms with van der Waals surface area (Å²) >= 11 is 0. The molecular formula is C14H20N4O2. The number of nitrogens with zero attached hydrogens (tertiary/aromatic N) is 1. The van der Waals surface area contributed by atoms with Crippen LogP contribution < -0.4 is 16.4 Å². The number of aromatic nitrogens is 1. The molecule has 1 aliphatic heterocycles. The van der Waals surface area contributed by atoms with Crippen molar-refractivity contribution in [3.63, 3.8) is 0 Å². The first-order valence-electron chi connectivity index (χ1n) is 7.02. The first-order valence-corrected chi connectivity index (χ1v) is 7.02. The number of pyridine rings is 1. The van der Waals surface area contributed by atoms with Crippen LogP contribution in [0.3, 0.4) is 0 Å². The van der Waals surface area contributed by atoms with E-state index in [1.54, 1.807) is 19.3 Å². The Morgan fingerprint density at radius 2 is 2.40 bits per heavy atom. The predicted octanol–water partition coefficient (Wildman–Crippen LogP) is 0.358. The molecule has 1 aromatic rings. The minimum Gasteiger partial charge on any atom is -0.378 e. The fraction of sp³-hybridized carbons (Fsp3) is 0.571. The minimum absolute atomic E-state index is 0.108. The second kappa shape index (κ2) is 5.38. The van der Waals surface area contributed by atoms with Crippen molar-refractivity contribution in [2.75, 3.05) is 19.0 Å². The van der Waals surface area contributed by atoms with Gasteiger partial charge in [0.05, 0.1) is 12.1 Å². The molecule has 1 saturated heterocycles. The summed E-state index contributed by atoms with van der Waals surface area (Å²) in [5, 5.41) is 5.94. The third-order valence-electron chi connectivity index (χ3n) is 4.23. The van der Waals surface area contributed by atoms with Crippen molar-refractivity contribution >= 4 is 11.6 Å². The van der Waals surface area contributed by atoms with Crippen LogP contribution in [0, 0.1) is 5.92 Å². The van der Waals surface area contributed by atoms with Gasteiger partial charge in [-0.15, -0.1) is 0 Å². The van der Waals surface area contributed by atoms with E-state index in [0.717, 1.165) is 25.1 Å². The van der Waals surface area contributed by atoms with Gasteiger partial charge in [0.25, 0.3) is 5.91 Å². The lowest BCUT2D eigenvalue weighted by Crippen LogP contribution is -2.69. The van der Waals surface area contributed by atoms with Crippen molar-refractivity contribution in [3.05, 3.63) is 24.0 Å². The summed E-state index contributed by atoms with van der Waals surface area (Å²) in [6.45, 7) is 0.811. The van der Waals surface area contributed by atoms with E-state index in [0.29, 0.717) is 11.6 Å². The number of amides is 1. The van der Waals surface area contributed by atoms with Gasteiger partial charge in [0.1, 0.15) is 5.69 Å². The van der Waals surface area contributed by atoms with Crippen LogP contribution in [0.5, 0.6) is 0 Å². The summed E-state index contributed by atoms with van der Waals surface area (Å²) < 4.78 is 5.79. The molecule has 4 N–H and O–H groups in total. The molecule has 2 aliphatic rings. The first kappa shape index (κ1) is 13.3. The average molecular weight is 276 g/mol. The molecule has 6 nitrogen and oxygen atoms in total. The number of carbonyl (C=O) groups excluding carboxylic acids is 1. The van der Waals surface area contributed by atoms with Gasteiger partial charge in [-0.25, -0.2) is 0 Å². The number of anilines is 1. The third kappa shape index (κ3) is 2.25. The van der Waals surface area contributed by atoms with Gasteiger partial charge in [-0.3, -0.25) is 9.78 Å². The highest BCUT2D eigenvalue weighted by Gasteiger charge is 2.50. The predicted molar refractivity (Wildman–Crippen MR) is 75.5 cm³/mol. The Balaban J connectivity index is 1.70. The Labute approximate surface area is 118 Å². The summed E-state index contributed by atoms with van der Waals surface area (Å²) in [7, 11) is 1.59. The van der Waals surface area contributed by atoms with Gasteiger partial charge in [0, 0.05) is 37.5 Å². The van der Waals surface area contributed by atoms with E-state index in [1.165, 1.54) is 0 Å². The van der Waals surface area contributed by atoms with Crippen LogP contribution in [-0.2, 0) is 4.74 Å². The van der Waals surface area contributed by atoms with Gasteiger partial charge < -0.3 is 21.1 Å². The molecule has 2 fully saturated rings. The van der Waals surface area contributed by atoms with Gasteiger partial charge in [0.2, 0.25) is 0 Å². The zero-order valence-corrected chi connectivity index (χ0v) is 11.5. The van der Waals surface area contributed by atoms with Crippen LogP contribution in [0.1, 0.15) is 23.3 Å². The van der Waals surface area contributed by atoms with Gasteiger partial charge in [0.15, 0.2) is 0 Å². The van der Waals surface area contributed by atoms with Crippen LogP contribution in [-0.4, -0.2) is 42.7 Å². The lowest BCUT2D eigenvalue weighted by atomic mass is 9.68. The van der Waals surface area contributed by atoms with Crippen LogP contribution in [0.2, 0.25) is 0 Å². The topological polar surface area (TPSA) is 89.3 Å². The van der Waals surface area contributed by atoms with E-state index in [9.17, 15) is 4.79 Å². The first-order chi connectivity index (χ1) is 9.70. The Morgan fingerprint density at radius 1 is 1.55 bits per heavy atom. The molecule has 0 spiro atoms.